The molecule has 0 spiro atoms. The highest BCUT2D eigenvalue weighted by atomic mass is 16.2. The normalized spacial score (nSPS) is 11.1. The second-order valence-corrected chi connectivity index (χ2v) is 4.80. The van der Waals surface area contributed by atoms with E-state index in [9.17, 15) is 9.59 Å². The fourth-order valence-corrected chi connectivity index (χ4v) is 1.90. The molecule has 0 aliphatic carbocycles. The maximum absolute atomic E-state index is 12.4. The van der Waals surface area contributed by atoms with Crippen molar-refractivity contribution in [3.8, 4) is 0 Å². The summed E-state index contributed by atoms with van der Waals surface area (Å²) in [5.74, 6) is -0.427. The van der Waals surface area contributed by atoms with E-state index in [-0.39, 0.29) is 16.3 Å². The van der Waals surface area contributed by atoms with Crippen molar-refractivity contribution in [1.82, 2.24) is 0 Å². The summed E-state index contributed by atoms with van der Waals surface area (Å²) in [5, 5.41) is 0. The minimum Gasteiger partial charge on any atom is -0.225 e. The summed E-state index contributed by atoms with van der Waals surface area (Å²) < 4.78 is -0.325. The van der Waals surface area contributed by atoms with Crippen LogP contribution in [0.5, 0.6) is 0 Å². The van der Waals surface area contributed by atoms with Gasteiger partial charge in [0.2, 0.25) is 0 Å². The third-order valence-corrected chi connectivity index (χ3v) is 3.06. The lowest BCUT2D eigenvalue weighted by Crippen LogP contribution is -2.50. The smallest absolute Gasteiger partial charge is 0.225 e. The lowest BCUT2D eigenvalue weighted by Gasteiger charge is -2.23. The third-order valence-electron chi connectivity index (χ3n) is 3.06. The van der Waals surface area contributed by atoms with Crippen molar-refractivity contribution in [3.63, 3.8) is 0 Å². The molecule has 0 bridgehead atoms. The predicted molar refractivity (Wildman–Crippen MR) is 73.7 cm³/mol. The molecule has 0 aromatic heterocycles. The van der Waals surface area contributed by atoms with Crippen LogP contribution in [0.4, 0.5) is 0 Å². The standard InChI is InChI=1S/C16H16NO2/c1-17(2,15(18)13-9-5-3-6-10-13)16(19)14-11-7-4-8-12-14/h3-12H,1-2H3/q+1. The lowest BCUT2D eigenvalue weighted by molar-refractivity contribution is -0.720. The Hall–Kier alpha value is -2.26. The fourth-order valence-electron chi connectivity index (χ4n) is 1.90. The van der Waals surface area contributed by atoms with Crippen LogP contribution in [0.3, 0.4) is 0 Å². The van der Waals surface area contributed by atoms with Gasteiger partial charge in [-0.15, -0.1) is 0 Å². The number of quaternary nitrogens is 1. The van der Waals surface area contributed by atoms with Gasteiger partial charge in [-0.1, -0.05) is 36.4 Å². The van der Waals surface area contributed by atoms with Crippen molar-refractivity contribution >= 4 is 11.8 Å². The number of rotatable bonds is 2. The summed E-state index contributed by atoms with van der Waals surface area (Å²) in [6, 6.07) is 17.7. The average Bonchev–Trinajstić information content (AvgIpc) is 2.47. The molecule has 0 fully saturated rings. The number of carbonyl (C=O) groups excluding carboxylic acids is 2. The number of benzene rings is 2. The van der Waals surface area contributed by atoms with Crippen molar-refractivity contribution in [2.45, 2.75) is 0 Å². The Morgan fingerprint density at radius 3 is 1.32 bits per heavy atom. The molecule has 2 rings (SSSR count). The Balaban J connectivity index is 2.33. The number of imide groups is 1. The molecule has 0 saturated heterocycles. The quantitative estimate of drug-likeness (QED) is 0.610. The van der Waals surface area contributed by atoms with Crippen LogP contribution in [0.1, 0.15) is 20.7 Å². The summed E-state index contributed by atoms with van der Waals surface area (Å²) >= 11 is 0. The van der Waals surface area contributed by atoms with Gasteiger partial charge in [0.25, 0.3) is 0 Å². The van der Waals surface area contributed by atoms with Crippen LogP contribution in [-0.4, -0.2) is 30.4 Å². The molecule has 0 aliphatic rings. The molecule has 0 unspecified atom stereocenters. The lowest BCUT2D eigenvalue weighted by atomic mass is 10.1. The Labute approximate surface area is 112 Å². The van der Waals surface area contributed by atoms with Gasteiger partial charge in [0.1, 0.15) is 0 Å². The second-order valence-electron chi connectivity index (χ2n) is 4.80. The molecular weight excluding hydrogens is 238 g/mol. The van der Waals surface area contributed by atoms with Crippen molar-refractivity contribution in [2.24, 2.45) is 0 Å². The molecule has 96 valence electrons. The minimum atomic E-state index is -0.325. The topological polar surface area (TPSA) is 34.1 Å². The molecule has 2 amide bonds. The van der Waals surface area contributed by atoms with E-state index in [1.54, 1.807) is 62.6 Å². The van der Waals surface area contributed by atoms with E-state index in [2.05, 4.69) is 0 Å². The highest BCUT2D eigenvalue weighted by Gasteiger charge is 2.37. The summed E-state index contributed by atoms with van der Waals surface area (Å²) in [5.41, 5.74) is 1.08. The van der Waals surface area contributed by atoms with E-state index in [4.69, 9.17) is 0 Å². The molecule has 0 radical (unpaired) electrons. The highest BCUT2D eigenvalue weighted by Crippen LogP contribution is 2.14. The first-order valence-corrected chi connectivity index (χ1v) is 6.07. The van der Waals surface area contributed by atoms with Gasteiger partial charge in [-0.05, 0) is 24.3 Å². The van der Waals surface area contributed by atoms with Crippen molar-refractivity contribution in [2.75, 3.05) is 14.1 Å². The fraction of sp³-hybridized carbons (Fsp3) is 0.125. The van der Waals surface area contributed by atoms with E-state index in [1.165, 1.54) is 0 Å². The monoisotopic (exact) mass is 254 g/mol. The second kappa shape index (κ2) is 5.16. The molecule has 19 heavy (non-hydrogen) atoms. The van der Waals surface area contributed by atoms with Gasteiger partial charge in [0, 0.05) is 0 Å². The number of hydrogen-bond donors (Lipinski definition) is 0. The average molecular weight is 254 g/mol. The summed E-state index contributed by atoms with van der Waals surface area (Å²) in [4.78, 5) is 24.9. The van der Waals surface area contributed by atoms with Crippen molar-refractivity contribution in [1.29, 1.82) is 0 Å². The Kier molecular flexibility index (Phi) is 3.58. The Morgan fingerprint density at radius 2 is 1.00 bits per heavy atom. The molecule has 3 heteroatoms. The number of carbonyl (C=O) groups is 2. The van der Waals surface area contributed by atoms with E-state index in [1.807, 2.05) is 12.1 Å². The van der Waals surface area contributed by atoms with E-state index in [0.29, 0.717) is 11.1 Å². The van der Waals surface area contributed by atoms with Gasteiger partial charge in [-0.2, -0.15) is 4.48 Å². The summed E-state index contributed by atoms with van der Waals surface area (Å²) in [6.45, 7) is 0. The van der Waals surface area contributed by atoms with Crippen LogP contribution in [0.25, 0.3) is 0 Å². The van der Waals surface area contributed by atoms with Crippen LogP contribution < -0.4 is 0 Å². The van der Waals surface area contributed by atoms with Crippen LogP contribution in [0, 0.1) is 0 Å². The number of hydrogen-bond acceptors (Lipinski definition) is 2. The van der Waals surface area contributed by atoms with Crippen LogP contribution in [-0.2, 0) is 0 Å². The van der Waals surface area contributed by atoms with Gasteiger partial charge in [0.15, 0.2) is 0 Å². The summed E-state index contributed by atoms with van der Waals surface area (Å²) in [6.07, 6.45) is 0. The molecule has 0 aliphatic heterocycles. The van der Waals surface area contributed by atoms with Crippen LogP contribution in [0.2, 0.25) is 0 Å². The first-order chi connectivity index (χ1) is 9.03. The number of nitrogens with zero attached hydrogens (tertiary/aromatic N) is 1. The molecule has 2 aromatic carbocycles. The maximum Gasteiger partial charge on any atom is 0.353 e. The maximum atomic E-state index is 12.4. The molecule has 0 N–H and O–H groups in total. The van der Waals surface area contributed by atoms with Gasteiger partial charge in [0.05, 0.1) is 25.2 Å². The first-order valence-electron chi connectivity index (χ1n) is 6.07. The van der Waals surface area contributed by atoms with Gasteiger partial charge >= 0.3 is 11.8 Å². The third kappa shape index (κ3) is 2.61. The van der Waals surface area contributed by atoms with E-state index >= 15 is 0 Å². The molecule has 3 nitrogen and oxygen atoms in total. The zero-order chi connectivity index (χ0) is 13.9. The van der Waals surface area contributed by atoms with Crippen molar-refractivity contribution < 1.29 is 14.1 Å². The largest absolute Gasteiger partial charge is 0.353 e. The zero-order valence-electron chi connectivity index (χ0n) is 11.0. The first kappa shape index (κ1) is 13.2. The molecule has 0 heterocycles. The van der Waals surface area contributed by atoms with Gasteiger partial charge in [-0.25, -0.2) is 9.59 Å². The van der Waals surface area contributed by atoms with Gasteiger partial charge < -0.3 is 0 Å². The summed E-state index contributed by atoms with van der Waals surface area (Å²) in [7, 11) is 3.23. The molecule has 2 aromatic rings. The van der Waals surface area contributed by atoms with Crippen molar-refractivity contribution in [3.05, 3.63) is 71.8 Å². The Bertz CT molecular complexity index is 535. The molecular formula is C16H16NO2+. The van der Waals surface area contributed by atoms with Crippen LogP contribution >= 0.6 is 0 Å². The van der Waals surface area contributed by atoms with E-state index in [0.717, 1.165) is 0 Å². The minimum absolute atomic E-state index is 0.213. The predicted octanol–water partition coefficient (Wildman–Crippen LogP) is 2.74. The van der Waals surface area contributed by atoms with E-state index < -0.39 is 0 Å². The zero-order valence-corrected chi connectivity index (χ0v) is 11.0. The number of amides is 2. The highest BCUT2D eigenvalue weighted by molar-refractivity contribution is 6.01. The Morgan fingerprint density at radius 1 is 0.684 bits per heavy atom. The molecule has 0 atom stereocenters. The SMILES string of the molecule is C[N+](C)(C(=O)c1ccccc1)C(=O)c1ccccc1. The van der Waals surface area contributed by atoms with Crippen LogP contribution in [0.15, 0.2) is 60.7 Å². The van der Waals surface area contributed by atoms with Gasteiger partial charge in [-0.3, -0.25) is 0 Å². The molecule has 0 saturated carbocycles.